The van der Waals surface area contributed by atoms with E-state index in [0.717, 1.165) is 48.4 Å². The summed E-state index contributed by atoms with van der Waals surface area (Å²) in [5, 5.41) is 11.9. The SMILES string of the molecule is CCc1nnc(NCCCC(C)C)c(C(N)=S)c1CC. The Kier molecular flexibility index (Phi) is 6.85. The maximum absolute atomic E-state index is 5.89. The van der Waals surface area contributed by atoms with Gasteiger partial charge in [-0.25, -0.2) is 0 Å². The molecule has 0 atom stereocenters. The molecular formula is C15H26N4S. The highest BCUT2D eigenvalue weighted by Crippen LogP contribution is 2.21. The fraction of sp³-hybridized carbons (Fsp3) is 0.667. The van der Waals surface area contributed by atoms with E-state index in [1.165, 1.54) is 6.42 Å². The van der Waals surface area contributed by atoms with Gasteiger partial charge in [-0.05, 0) is 37.2 Å². The van der Waals surface area contributed by atoms with Gasteiger partial charge in [0.1, 0.15) is 4.99 Å². The van der Waals surface area contributed by atoms with Crippen LogP contribution in [0.15, 0.2) is 0 Å². The van der Waals surface area contributed by atoms with Gasteiger partial charge in [0.05, 0.1) is 11.3 Å². The number of nitrogens with two attached hydrogens (primary N) is 1. The van der Waals surface area contributed by atoms with Crippen LogP contribution in [0.25, 0.3) is 0 Å². The third-order valence-electron chi connectivity index (χ3n) is 3.34. The summed E-state index contributed by atoms with van der Waals surface area (Å²) in [6.07, 6.45) is 4.01. The summed E-state index contributed by atoms with van der Waals surface area (Å²) in [5.74, 6) is 1.45. The zero-order chi connectivity index (χ0) is 15.1. The summed E-state index contributed by atoms with van der Waals surface area (Å²) in [5.41, 5.74) is 8.88. The van der Waals surface area contributed by atoms with E-state index in [1.807, 2.05) is 0 Å². The lowest BCUT2D eigenvalue weighted by Gasteiger charge is -2.15. The highest BCUT2D eigenvalue weighted by Gasteiger charge is 2.16. The van der Waals surface area contributed by atoms with Crippen molar-refractivity contribution in [3.8, 4) is 0 Å². The van der Waals surface area contributed by atoms with Crippen LogP contribution in [0.5, 0.6) is 0 Å². The van der Waals surface area contributed by atoms with Crippen molar-refractivity contribution in [2.45, 2.75) is 53.4 Å². The third kappa shape index (κ3) is 4.40. The molecule has 0 saturated heterocycles. The highest BCUT2D eigenvalue weighted by molar-refractivity contribution is 7.80. The average Bonchev–Trinajstić information content (AvgIpc) is 2.41. The van der Waals surface area contributed by atoms with Crippen LogP contribution in [0.1, 0.15) is 57.4 Å². The molecule has 112 valence electrons. The second-order valence-corrected chi connectivity index (χ2v) is 5.82. The van der Waals surface area contributed by atoms with Crippen LogP contribution in [0.3, 0.4) is 0 Å². The first kappa shape index (κ1) is 16.8. The number of nitrogens with zero attached hydrogens (tertiary/aromatic N) is 2. The maximum atomic E-state index is 5.89. The van der Waals surface area contributed by atoms with Gasteiger partial charge in [-0.3, -0.25) is 0 Å². The Balaban J connectivity index is 2.92. The second-order valence-electron chi connectivity index (χ2n) is 5.38. The molecule has 3 N–H and O–H groups in total. The van der Waals surface area contributed by atoms with Gasteiger partial charge in [0.15, 0.2) is 5.82 Å². The summed E-state index contributed by atoms with van der Waals surface area (Å²) < 4.78 is 0. The van der Waals surface area contributed by atoms with Crippen molar-refractivity contribution < 1.29 is 0 Å². The first-order valence-corrected chi connectivity index (χ1v) is 7.84. The molecule has 1 heterocycles. The Bertz CT molecular complexity index is 457. The van der Waals surface area contributed by atoms with Crippen LogP contribution in [0, 0.1) is 5.92 Å². The van der Waals surface area contributed by atoms with Crippen molar-refractivity contribution in [2.75, 3.05) is 11.9 Å². The first-order valence-electron chi connectivity index (χ1n) is 7.43. The zero-order valence-corrected chi connectivity index (χ0v) is 13.8. The number of aromatic nitrogens is 2. The summed E-state index contributed by atoms with van der Waals surface area (Å²) in [4.78, 5) is 0.401. The monoisotopic (exact) mass is 294 g/mol. The fourth-order valence-electron chi connectivity index (χ4n) is 2.28. The van der Waals surface area contributed by atoms with Crippen molar-refractivity contribution in [2.24, 2.45) is 11.7 Å². The van der Waals surface area contributed by atoms with E-state index < -0.39 is 0 Å². The lowest BCUT2D eigenvalue weighted by atomic mass is 10.0. The molecule has 1 aromatic heterocycles. The van der Waals surface area contributed by atoms with Crippen molar-refractivity contribution in [3.05, 3.63) is 16.8 Å². The van der Waals surface area contributed by atoms with Gasteiger partial charge in [-0.15, -0.1) is 5.10 Å². The Morgan fingerprint density at radius 1 is 1.25 bits per heavy atom. The maximum Gasteiger partial charge on any atom is 0.159 e. The summed E-state index contributed by atoms with van der Waals surface area (Å²) in [7, 11) is 0. The molecule has 0 aliphatic carbocycles. The van der Waals surface area contributed by atoms with Crippen LogP contribution < -0.4 is 11.1 Å². The van der Waals surface area contributed by atoms with E-state index >= 15 is 0 Å². The predicted octanol–water partition coefficient (Wildman–Crippen LogP) is 3.08. The summed E-state index contributed by atoms with van der Waals surface area (Å²) >= 11 is 5.20. The topological polar surface area (TPSA) is 63.8 Å². The second kappa shape index (κ2) is 8.15. The van der Waals surface area contributed by atoms with Crippen LogP contribution in [0.2, 0.25) is 0 Å². The van der Waals surface area contributed by atoms with E-state index in [0.29, 0.717) is 10.9 Å². The zero-order valence-electron chi connectivity index (χ0n) is 13.0. The van der Waals surface area contributed by atoms with Gasteiger partial charge in [0.25, 0.3) is 0 Å². The van der Waals surface area contributed by atoms with Crippen LogP contribution in [-0.4, -0.2) is 21.7 Å². The molecule has 0 aromatic carbocycles. The molecular weight excluding hydrogens is 268 g/mol. The number of hydrogen-bond donors (Lipinski definition) is 2. The molecule has 1 aromatic rings. The first-order chi connectivity index (χ1) is 9.51. The molecule has 0 saturated carbocycles. The van der Waals surface area contributed by atoms with Crippen molar-refractivity contribution in [1.82, 2.24) is 10.2 Å². The van der Waals surface area contributed by atoms with Crippen LogP contribution >= 0.6 is 12.2 Å². The molecule has 0 radical (unpaired) electrons. The quantitative estimate of drug-likeness (QED) is 0.570. The number of thiocarbonyl (C=S) groups is 1. The molecule has 1 rings (SSSR count). The standard InChI is InChI=1S/C15H26N4S/c1-5-11-12(6-2)18-19-15(13(11)14(16)20)17-9-7-8-10(3)4/h10H,5-9H2,1-4H3,(H2,16,20)(H,17,19). The fourth-order valence-corrected chi connectivity index (χ4v) is 2.50. The van der Waals surface area contributed by atoms with Gasteiger partial charge in [-0.1, -0.05) is 39.9 Å². The summed E-state index contributed by atoms with van der Waals surface area (Å²) in [6.45, 7) is 9.50. The Morgan fingerprint density at radius 3 is 2.45 bits per heavy atom. The largest absolute Gasteiger partial charge is 0.389 e. The average molecular weight is 294 g/mol. The van der Waals surface area contributed by atoms with Crippen molar-refractivity contribution >= 4 is 23.0 Å². The van der Waals surface area contributed by atoms with Gasteiger partial charge < -0.3 is 11.1 Å². The number of anilines is 1. The summed E-state index contributed by atoms with van der Waals surface area (Å²) in [6, 6.07) is 0. The van der Waals surface area contributed by atoms with Crippen molar-refractivity contribution in [1.29, 1.82) is 0 Å². The Morgan fingerprint density at radius 2 is 1.95 bits per heavy atom. The molecule has 0 aliphatic heterocycles. The van der Waals surface area contributed by atoms with Gasteiger partial charge in [0.2, 0.25) is 0 Å². The third-order valence-corrected chi connectivity index (χ3v) is 3.55. The predicted molar refractivity (Wildman–Crippen MR) is 89.2 cm³/mol. The molecule has 0 bridgehead atoms. The lowest BCUT2D eigenvalue weighted by Crippen LogP contribution is -2.20. The van der Waals surface area contributed by atoms with E-state index in [1.54, 1.807) is 0 Å². The molecule has 20 heavy (non-hydrogen) atoms. The number of rotatable bonds is 8. The molecule has 0 aliphatic rings. The van der Waals surface area contributed by atoms with Gasteiger partial charge in [-0.2, -0.15) is 5.10 Å². The molecule has 0 spiro atoms. The highest BCUT2D eigenvalue weighted by atomic mass is 32.1. The van der Waals surface area contributed by atoms with Gasteiger partial charge >= 0.3 is 0 Å². The minimum Gasteiger partial charge on any atom is -0.389 e. The van der Waals surface area contributed by atoms with Crippen LogP contribution in [0.4, 0.5) is 5.82 Å². The molecule has 5 heteroatoms. The minimum atomic E-state index is 0.401. The van der Waals surface area contributed by atoms with Gasteiger partial charge in [0, 0.05) is 6.54 Å². The number of hydrogen-bond acceptors (Lipinski definition) is 4. The lowest BCUT2D eigenvalue weighted by molar-refractivity contribution is 0.566. The van der Waals surface area contributed by atoms with E-state index in [9.17, 15) is 0 Å². The number of aryl methyl sites for hydroxylation is 1. The smallest absolute Gasteiger partial charge is 0.159 e. The van der Waals surface area contributed by atoms with Crippen molar-refractivity contribution in [3.63, 3.8) is 0 Å². The molecule has 0 unspecified atom stereocenters. The Labute approximate surface area is 127 Å². The minimum absolute atomic E-state index is 0.401. The Hall–Kier alpha value is -1.23. The molecule has 0 amide bonds. The normalized spacial score (nSPS) is 10.8. The molecule has 4 nitrogen and oxygen atoms in total. The van der Waals surface area contributed by atoms with Crippen LogP contribution in [-0.2, 0) is 12.8 Å². The number of nitrogens with one attached hydrogen (secondary N) is 1. The molecule has 0 fully saturated rings. The van der Waals surface area contributed by atoms with E-state index in [-0.39, 0.29) is 0 Å². The van der Waals surface area contributed by atoms with E-state index in [2.05, 4.69) is 43.2 Å². The van der Waals surface area contributed by atoms with E-state index in [4.69, 9.17) is 18.0 Å².